The van der Waals surface area contributed by atoms with E-state index in [4.69, 9.17) is 4.74 Å². The average molecular weight is 368 g/mol. The second-order valence-corrected chi connectivity index (χ2v) is 6.84. The van der Waals surface area contributed by atoms with Crippen molar-refractivity contribution in [1.29, 1.82) is 0 Å². The second-order valence-electron chi connectivity index (χ2n) is 6.84. The van der Waals surface area contributed by atoms with Crippen LogP contribution >= 0.6 is 0 Å². The zero-order valence-electron chi connectivity index (χ0n) is 16.0. The van der Waals surface area contributed by atoms with Gasteiger partial charge < -0.3 is 15.0 Å². The summed E-state index contributed by atoms with van der Waals surface area (Å²) in [7, 11) is 0. The third-order valence-electron chi connectivity index (χ3n) is 4.64. The molecule has 0 atom stereocenters. The van der Waals surface area contributed by atoms with Crippen molar-refractivity contribution in [3.63, 3.8) is 0 Å². The monoisotopic (exact) mass is 368 g/mol. The van der Waals surface area contributed by atoms with Gasteiger partial charge in [-0.3, -0.25) is 4.79 Å². The summed E-state index contributed by atoms with van der Waals surface area (Å²) in [4.78, 5) is 23.1. The third kappa shape index (κ3) is 6.24. The molecule has 2 heterocycles. The minimum atomic E-state index is 0.0373. The van der Waals surface area contributed by atoms with E-state index in [2.05, 4.69) is 20.2 Å². The molecule has 6 nitrogen and oxygen atoms in total. The number of nitrogens with zero attached hydrogens (tertiary/aromatic N) is 3. The summed E-state index contributed by atoms with van der Waals surface area (Å²) in [6, 6.07) is 11.9. The SMILES string of the molecule is Cc1nc(OCCNC(=O)CCc2ccccc2)cc(N2CCCCC2)n1. The number of rotatable bonds is 8. The van der Waals surface area contributed by atoms with Gasteiger partial charge in [0.05, 0.1) is 6.54 Å². The predicted octanol–water partition coefficient (Wildman–Crippen LogP) is 2.90. The molecule has 1 amide bonds. The van der Waals surface area contributed by atoms with E-state index >= 15 is 0 Å². The highest BCUT2D eigenvalue weighted by Gasteiger charge is 2.14. The van der Waals surface area contributed by atoms with Crippen molar-refractivity contribution in [3.8, 4) is 5.88 Å². The molecule has 1 aliphatic heterocycles. The van der Waals surface area contributed by atoms with E-state index in [1.165, 1.54) is 24.8 Å². The maximum absolute atomic E-state index is 11.9. The first-order valence-electron chi connectivity index (χ1n) is 9.75. The lowest BCUT2D eigenvalue weighted by atomic mass is 10.1. The number of carbonyl (C=O) groups excluding carboxylic acids is 1. The lowest BCUT2D eigenvalue weighted by molar-refractivity contribution is -0.121. The van der Waals surface area contributed by atoms with E-state index in [9.17, 15) is 4.79 Å². The van der Waals surface area contributed by atoms with Gasteiger partial charge in [-0.2, -0.15) is 4.98 Å². The number of hydrogen-bond acceptors (Lipinski definition) is 5. The van der Waals surface area contributed by atoms with E-state index < -0.39 is 0 Å². The van der Waals surface area contributed by atoms with E-state index in [0.717, 1.165) is 25.3 Å². The predicted molar refractivity (Wildman–Crippen MR) is 106 cm³/mol. The van der Waals surface area contributed by atoms with Gasteiger partial charge in [0.25, 0.3) is 0 Å². The summed E-state index contributed by atoms with van der Waals surface area (Å²) >= 11 is 0. The molecule has 0 spiro atoms. The Balaban J connectivity index is 1.40. The van der Waals surface area contributed by atoms with E-state index in [-0.39, 0.29) is 5.91 Å². The summed E-state index contributed by atoms with van der Waals surface area (Å²) in [6.07, 6.45) is 4.92. The standard InChI is InChI=1S/C21H28N4O2/c1-17-23-19(25-13-6-3-7-14-25)16-21(24-17)27-15-12-22-20(26)11-10-18-8-4-2-5-9-18/h2,4-5,8-9,16H,3,6-7,10-15H2,1H3,(H,22,26). The molecular formula is C21H28N4O2. The molecule has 144 valence electrons. The molecule has 0 unspecified atom stereocenters. The topological polar surface area (TPSA) is 67.3 Å². The second kappa shape index (κ2) is 9.90. The third-order valence-corrected chi connectivity index (χ3v) is 4.64. The summed E-state index contributed by atoms with van der Waals surface area (Å²) < 4.78 is 5.74. The zero-order valence-corrected chi connectivity index (χ0v) is 16.0. The van der Waals surface area contributed by atoms with Crippen LogP contribution in [0.3, 0.4) is 0 Å². The molecular weight excluding hydrogens is 340 g/mol. The Morgan fingerprint density at radius 1 is 1.15 bits per heavy atom. The highest BCUT2D eigenvalue weighted by Crippen LogP contribution is 2.21. The molecule has 2 aromatic rings. The van der Waals surface area contributed by atoms with Crippen molar-refractivity contribution in [3.05, 3.63) is 47.8 Å². The first kappa shape index (κ1) is 19.1. The number of carbonyl (C=O) groups is 1. The van der Waals surface area contributed by atoms with Crippen LogP contribution in [0, 0.1) is 6.92 Å². The Kier molecular flexibility index (Phi) is 7.02. The summed E-state index contributed by atoms with van der Waals surface area (Å²) in [5, 5.41) is 2.90. The lowest BCUT2D eigenvalue weighted by Crippen LogP contribution is -2.30. The van der Waals surface area contributed by atoms with Crippen molar-refractivity contribution in [1.82, 2.24) is 15.3 Å². The van der Waals surface area contributed by atoms with E-state index in [1.54, 1.807) is 0 Å². The van der Waals surface area contributed by atoms with Crippen LogP contribution in [-0.4, -0.2) is 42.1 Å². The molecule has 1 aromatic heterocycles. The number of nitrogens with one attached hydrogen (secondary N) is 1. The smallest absolute Gasteiger partial charge is 0.220 e. The van der Waals surface area contributed by atoms with Crippen molar-refractivity contribution < 1.29 is 9.53 Å². The van der Waals surface area contributed by atoms with Gasteiger partial charge in [0.2, 0.25) is 11.8 Å². The molecule has 27 heavy (non-hydrogen) atoms. The van der Waals surface area contributed by atoms with Crippen LogP contribution in [0.1, 0.15) is 37.1 Å². The summed E-state index contributed by atoms with van der Waals surface area (Å²) in [5.41, 5.74) is 1.17. The first-order chi connectivity index (χ1) is 13.2. The van der Waals surface area contributed by atoms with Crippen LogP contribution in [-0.2, 0) is 11.2 Å². The lowest BCUT2D eigenvalue weighted by Gasteiger charge is -2.28. The normalized spacial score (nSPS) is 14.0. The number of hydrogen-bond donors (Lipinski definition) is 1. The quantitative estimate of drug-likeness (QED) is 0.726. The number of amides is 1. The van der Waals surface area contributed by atoms with Gasteiger partial charge in [-0.05, 0) is 38.2 Å². The van der Waals surface area contributed by atoms with Crippen LogP contribution in [0.15, 0.2) is 36.4 Å². The Morgan fingerprint density at radius 2 is 1.93 bits per heavy atom. The number of piperidine rings is 1. The average Bonchev–Trinajstić information content (AvgIpc) is 2.71. The van der Waals surface area contributed by atoms with Crippen molar-refractivity contribution in [2.45, 2.75) is 39.0 Å². The maximum atomic E-state index is 11.9. The highest BCUT2D eigenvalue weighted by molar-refractivity contribution is 5.76. The van der Waals surface area contributed by atoms with Gasteiger partial charge in [-0.15, -0.1) is 0 Å². The summed E-state index contributed by atoms with van der Waals surface area (Å²) in [6.45, 7) is 4.81. The Bertz CT molecular complexity index is 730. The highest BCUT2D eigenvalue weighted by atomic mass is 16.5. The molecule has 1 aromatic carbocycles. The van der Waals surface area contributed by atoms with Gasteiger partial charge in [-0.1, -0.05) is 30.3 Å². The number of ether oxygens (including phenoxy) is 1. The Morgan fingerprint density at radius 3 is 2.70 bits per heavy atom. The van der Waals surface area contributed by atoms with E-state index in [0.29, 0.717) is 31.3 Å². The maximum Gasteiger partial charge on any atom is 0.220 e. The van der Waals surface area contributed by atoms with E-state index in [1.807, 2.05) is 43.3 Å². The molecule has 3 rings (SSSR count). The van der Waals surface area contributed by atoms with Gasteiger partial charge in [0.1, 0.15) is 18.2 Å². The van der Waals surface area contributed by atoms with Crippen LogP contribution in [0.25, 0.3) is 0 Å². The first-order valence-corrected chi connectivity index (χ1v) is 9.75. The van der Waals surface area contributed by atoms with Gasteiger partial charge in [0, 0.05) is 25.6 Å². The zero-order chi connectivity index (χ0) is 18.9. The van der Waals surface area contributed by atoms with Crippen LogP contribution in [0.2, 0.25) is 0 Å². The summed E-state index contributed by atoms with van der Waals surface area (Å²) in [5.74, 6) is 2.25. The number of benzene rings is 1. The molecule has 0 aliphatic carbocycles. The molecule has 6 heteroatoms. The molecule has 0 bridgehead atoms. The molecule has 0 radical (unpaired) electrons. The van der Waals surface area contributed by atoms with Crippen molar-refractivity contribution >= 4 is 11.7 Å². The van der Waals surface area contributed by atoms with Crippen LogP contribution in [0.4, 0.5) is 5.82 Å². The molecule has 0 saturated carbocycles. The van der Waals surface area contributed by atoms with Gasteiger partial charge in [-0.25, -0.2) is 4.98 Å². The fourth-order valence-corrected chi connectivity index (χ4v) is 3.22. The number of aryl methyl sites for hydroxylation is 2. The van der Waals surface area contributed by atoms with Crippen LogP contribution < -0.4 is 15.0 Å². The molecule has 1 aliphatic rings. The van der Waals surface area contributed by atoms with Gasteiger partial charge in [0.15, 0.2) is 0 Å². The fourth-order valence-electron chi connectivity index (χ4n) is 3.22. The molecule has 1 fully saturated rings. The fraction of sp³-hybridized carbons (Fsp3) is 0.476. The largest absolute Gasteiger partial charge is 0.476 e. The van der Waals surface area contributed by atoms with Crippen LogP contribution in [0.5, 0.6) is 5.88 Å². The van der Waals surface area contributed by atoms with Gasteiger partial charge >= 0.3 is 0 Å². The van der Waals surface area contributed by atoms with Crippen molar-refractivity contribution in [2.75, 3.05) is 31.1 Å². The Labute approximate surface area is 161 Å². The molecule has 1 N–H and O–H groups in total. The van der Waals surface area contributed by atoms with Crippen molar-refractivity contribution in [2.24, 2.45) is 0 Å². The number of anilines is 1. The minimum absolute atomic E-state index is 0.0373. The number of aromatic nitrogens is 2. The Hall–Kier alpha value is -2.63. The minimum Gasteiger partial charge on any atom is -0.476 e. The molecule has 1 saturated heterocycles.